The molecule has 1 unspecified atom stereocenters. The van der Waals surface area contributed by atoms with Crippen LogP contribution in [0.1, 0.15) is 284 Å². The van der Waals surface area contributed by atoms with Gasteiger partial charge in [-0.15, -0.1) is 0 Å². The summed E-state index contributed by atoms with van der Waals surface area (Å²) in [6, 6.07) is 0. The molecular formula is C56H102O6. The molecule has 0 rings (SSSR count). The fourth-order valence-corrected chi connectivity index (χ4v) is 7.75. The van der Waals surface area contributed by atoms with Crippen LogP contribution < -0.4 is 0 Å². The van der Waals surface area contributed by atoms with Crippen LogP contribution in [0.4, 0.5) is 0 Å². The molecule has 1 atom stereocenters. The largest absolute Gasteiger partial charge is 0.462 e. The number of rotatable bonds is 49. The van der Waals surface area contributed by atoms with Crippen LogP contribution in [-0.2, 0) is 28.6 Å². The van der Waals surface area contributed by atoms with Gasteiger partial charge in [0.2, 0.25) is 0 Å². The van der Waals surface area contributed by atoms with Gasteiger partial charge in [0.1, 0.15) is 13.2 Å². The van der Waals surface area contributed by atoms with Crippen LogP contribution in [0.5, 0.6) is 0 Å². The highest BCUT2D eigenvalue weighted by Crippen LogP contribution is 2.15. The molecule has 0 aromatic heterocycles. The molecule has 0 heterocycles. The summed E-state index contributed by atoms with van der Waals surface area (Å²) in [6.07, 6.45) is 59.9. The predicted molar refractivity (Wildman–Crippen MR) is 266 cm³/mol. The molecule has 0 bridgehead atoms. The van der Waals surface area contributed by atoms with E-state index in [9.17, 15) is 14.4 Å². The lowest BCUT2D eigenvalue weighted by molar-refractivity contribution is -0.167. The molecule has 0 amide bonds. The van der Waals surface area contributed by atoms with E-state index in [0.717, 1.165) is 70.6 Å². The smallest absolute Gasteiger partial charge is 0.306 e. The van der Waals surface area contributed by atoms with Gasteiger partial charge in [0.05, 0.1) is 0 Å². The van der Waals surface area contributed by atoms with Crippen molar-refractivity contribution in [2.75, 3.05) is 13.2 Å². The Morgan fingerprint density at radius 3 is 0.952 bits per heavy atom. The summed E-state index contributed by atoms with van der Waals surface area (Å²) in [5.74, 6) is -0.877. The zero-order chi connectivity index (χ0) is 45.1. The first-order valence-corrected chi connectivity index (χ1v) is 27.0. The fraction of sp³-hybridized carbons (Fsp3) is 0.839. The van der Waals surface area contributed by atoms with Gasteiger partial charge in [0.25, 0.3) is 0 Å². The predicted octanol–water partition coefficient (Wildman–Crippen LogP) is 17.7. The van der Waals surface area contributed by atoms with E-state index in [4.69, 9.17) is 14.2 Å². The summed E-state index contributed by atoms with van der Waals surface area (Å²) < 4.78 is 16.8. The van der Waals surface area contributed by atoms with Crippen molar-refractivity contribution in [1.82, 2.24) is 0 Å². The standard InChI is InChI=1S/C56H102O6/c1-4-7-10-13-16-19-22-24-25-26-27-28-29-30-31-32-35-37-40-43-46-49-55(58)61-52-53(51-60-54(57)48-45-42-39-36-33-21-18-15-12-9-6-3)62-56(59)50-47-44-41-38-34-23-20-17-14-11-8-5-2/h15,18,22,24,26-27,53H,4-14,16-17,19-21,23,25,28-52H2,1-3H3/b18-15-,24-22-,27-26-. The van der Waals surface area contributed by atoms with E-state index in [-0.39, 0.29) is 31.1 Å². The van der Waals surface area contributed by atoms with E-state index in [1.165, 1.54) is 173 Å². The minimum Gasteiger partial charge on any atom is -0.462 e. The summed E-state index contributed by atoms with van der Waals surface area (Å²) in [7, 11) is 0. The molecule has 0 saturated heterocycles. The van der Waals surface area contributed by atoms with Crippen molar-refractivity contribution in [3.05, 3.63) is 36.5 Å². The second-order valence-corrected chi connectivity index (χ2v) is 18.1. The summed E-state index contributed by atoms with van der Waals surface area (Å²) in [4.78, 5) is 37.9. The van der Waals surface area contributed by atoms with Crippen LogP contribution in [0.3, 0.4) is 0 Å². The van der Waals surface area contributed by atoms with E-state index in [1.807, 2.05) is 0 Å². The molecular weight excluding hydrogens is 769 g/mol. The van der Waals surface area contributed by atoms with E-state index < -0.39 is 6.10 Å². The van der Waals surface area contributed by atoms with Gasteiger partial charge in [-0.1, -0.05) is 231 Å². The number of carbonyl (C=O) groups excluding carboxylic acids is 3. The first kappa shape index (κ1) is 59.6. The van der Waals surface area contributed by atoms with Gasteiger partial charge in [-0.3, -0.25) is 14.4 Å². The highest BCUT2D eigenvalue weighted by molar-refractivity contribution is 5.71. The summed E-state index contributed by atoms with van der Waals surface area (Å²) in [6.45, 7) is 6.60. The normalized spacial score (nSPS) is 12.2. The van der Waals surface area contributed by atoms with Gasteiger partial charge >= 0.3 is 17.9 Å². The van der Waals surface area contributed by atoms with Gasteiger partial charge in [-0.05, 0) is 70.6 Å². The molecule has 6 nitrogen and oxygen atoms in total. The van der Waals surface area contributed by atoms with E-state index >= 15 is 0 Å². The lowest BCUT2D eigenvalue weighted by atomic mass is 10.0. The number of carbonyl (C=O) groups is 3. The summed E-state index contributed by atoms with van der Waals surface area (Å²) in [5.41, 5.74) is 0. The third-order valence-electron chi connectivity index (χ3n) is 11.9. The van der Waals surface area contributed by atoms with Crippen LogP contribution >= 0.6 is 0 Å². The second kappa shape index (κ2) is 51.3. The number of hydrogen-bond acceptors (Lipinski definition) is 6. The third-order valence-corrected chi connectivity index (χ3v) is 11.9. The molecule has 6 heteroatoms. The minimum atomic E-state index is -0.772. The van der Waals surface area contributed by atoms with Gasteiger partial charge < -0.3 is 14.2 Å². The Balaban J connectivity index is 4.27. The average molecular weight is 871 g/mol. The highest BCUT2D eigenvalue weighted by Gasteiger charge is 2.19. The molecule has 0 fully saturated rings. The maximum Gasteiger partial charge on any atom is 0.306 e. The van der Waals surface area contributed by atoms with Gasteiger partial charge in [0.15, 0.2) is 6.10 Å². The quantitative estimate of drug-likeness (QED) is 0.0262. The Kier molecular flexibility index (Phi) is 49.3. The van der Waals surface area contributed by atoms with Crippen molar-refractivity contribution in [1.29, 1.82) is 0 Å². The monoisotopic (exact) mass is 871 g/mol. The van der Waals surface area contributed by atoms with Crippen LogP contribution in [0.2, 0.25) is 0 Å². The second-order valence-electron chi connectivity index (χ2n) is 18.1. The minimum absolute atomic E-state index is 0.0741. The molecule has 0 aliphatic carbocycles. The molecule has 0 aromatic carbocycles. The van der Waals surface area contributed by atoms with Crippen molar-refractivity contribution in [2.24, 2.45) is 0 Å². The third kappa shape index (κ3) is 48.7. The SMILES string of the molecule is CCCC/C=C\CCCCCCCC(=O)OCC(COC(=O)CCCCCCCCCCC/C=C\C/C=C\CCCCCCC)OC(=O)CCCCCCCCCCCCCC. The Morgan fingerprint density at radius 1 is 0.323 bits per heavy atom. The van der Waals surface area contributed by atoms with Crippen LogP contribution in [0, 0.1) is 0 Å². The average Bonchev–Trinajstić information content (AvgIpc) is 3.27. The zero-order valence-electron chi connectivity index (χ0n) is 41.4. The molecule has 0 aliphatic heterocycles. The number of esters is 3. The lowest BCUT2D eigenvalue weighted by Crippen LogP contribution is -2.30. The topological polar surface area (TPSA) is 78.9 Å². The zero-order valence-corrected chi connectivity index (χ0v) is 41.4. The molecule has 62 heavy (non-hydrogen) atoms. The lowest BCUT2D eigenvalue weighted by Gasteiger charge is -2.18. The molecule has 0 saturated carbocycles. The Hall–Kier alpha value is -2.37. The number of ether oxygens (including phenoxy) is 3. The van der Waals surface area contributed by atoms with Gasteiger partial charge in [-0.2, -0.15) is 0 Å². The number of unbranched alkanes of at least 4 members (excludes halogenated alkanes) is 32. The first-order valence-electron chi connectivity index (χ1n) is 27.0. The molecule has 0 aliphatic rings. The van der Waals surface area contributed by atoms with Crippen molar-refractivity contribution in [2.45, 2.75) is 290 Å². The van der Waals surface area contributed by atoms with Crippen molar-refractivity contribution in [3.63, 3.8) is 0 Å². The summed E-state index contributed by atoms with van der Waals surface area (Å²) in [5, 5.41) is 0. The first-order chi connectivity index (χ1) is 30.5. The van der Waals surface area contributed by atoms with E-state index in [1.54, 1.807) is 0 Å². The Bertz CT molecular complexity index is 1050. The van der Waals surface area contributed by atoms with Crippen LogP contribution in [0.25, 0.3) is 0 Å². The highest BCUT2D eigenvalue weighted by atomic mass is 16.6. The number of allylic oxidation sites excluding steroid dienone is 6. The molecule has 0 aromatic rings. The van der Waals surface area contributed by atoms with Gasteiger partial charge in [0, 0.05) is 19.3 Å². The van der Waals surface area contributed by atoms with Crippen molar-refractivity contribution in [3.8, 4) is 0 Å². The summed E-state index contributed by atoms with van der Waals surface area (Å²) >= 11 is 0. The van der Waals surface area contributed by atoms with E-state index in [2.05, 4.69) is 57.2 Å². The molecule has 0 N–H and O–H groups in total. The molecule has 0 radical (unpaired) electrons. The maximum atomic E-state index is 12.8. The Morgan fingerprint density at radius 2 is 0.597 bits per heavy atom. The van der Waals surface area contributed by atoms with Gasteiger partial charge in [-0.25, -0.2) is 0 Å². The van der Waals surface area contributed by atoms with Crippen molar-refractivity contribution >= 4 is 17.9 Å². The van der Waals surface area contributed by atoms with Crippen LogP contribution in [0.15, 0.2) is 36.5 Å². The fourth-order valence-electron chi connectivity index (χ4n) is 7.75. The number of hydrogen-bond donors (Lipinski definition) is 0. The van der Waals surface area contributed by atoms with Crippen molar-refractivity contribution < 1.29 is 28.6 Å². The van der Waals surface area contributed by atoms with Crippen LogP contribution in [-0.4, -0.2) is 37.2 Å². The molecule has 362 valence electrons. The Labute approximate surface area is 385 Å². The van der Waals surface area contributed by atoms with E-state index in [0.29, 0.717) is 19.3 Å². The molecule has 0 spiro atoms. The maximum absolute atomic E-state index is 12.8.